The molecule has 2 aliphatic rings. The quantitative estimate of drug-likeness (QED) is 0.681. The lowest BCUT2D eigenvalue weighted by Crippen LogP contribution is -2.73. The van der Waals surface area contributed by atoms with E-state index in [1.807, 2.05) is 33.8 Å². The Kier molecular flexibility index (Phi) is 3.07. The van der Waals surface area contributed by atoms with Gasteiger partial charge < -0.3 is 25.3 Å². The summed E-state index contributed by atoms with van der Waals surface area (Å²) in [7, 11) is 0. The molecule has 0 saturated carbocycles. The van der Waals surface area contributed by atoms with E-state index in [1.165, 1.54) is 4.90 Å². The maximum atomic E-state index is 12.6. The summed E-state index contributed by atoms with van der Waals surface area (Å²) in [4.78, 5) is 33.8. The number of anilines is 2. The third-order valence-corrected chi connectivity index (χ3v) is 4.41. The summed E-state index contributed by atoms with van der Waals surface area (Å²) in [6, 6.07) is 1.99. The molecule has 1 spiro atoms. The van der Waals surface area contributed by atoms with E-state index in [1.54, 1.807) is 6.20 Å². The van der Waals surface area contributed by atoms with Crippen molar-refractivity contribution in [3.8, 4) is 0 Å². The van der Waals surface area contributed by atoms with E-state index in [2.05, 4.69) is 20.6 Å². The van der Waals surface area contributed by atoms with Gasteiger partial charge in [0.2, 0.25) is 0 Å². The largest absolute Gasteiger partial charge is 0.444 e. The number of aromatic amines is 1. The number of hydrogen-bond acceptors (Lipinski definition) is 5. The number of aromatic nitrogens is 2. The molecule has 1 fully saturated rings. The lowest BCUT2D eigenvalue weighted by Gasteiger charge is -2.51. The number of fused-ring (bicyclic) bond motifs is 3. The van der Waals surface area contributed by atoms with Gasteiger partial charge in [0.1, 0.15) is 11.2 Å². The fraction of sp³-hybridized carbons (Fsp3) is 0.471. The maximum Gasteiger partial charge on any atom is 0.410 e. The number of aryl methyl sites for hydroxylation is 1. The van der Waals surface area contributed by atoms with Gasteiger partial charge in [0, 0.05) is 11.1 Å². The Morgan fingerprint density at radius 3 is 2.76 bits per heavy atom. The van der Waals surface area contributed by atoms with Crippen LogP contribution in [0.3, 0.4) is 0 Å². The maximum absolute atomic E-state index is 12.6. The third kappa shape index (κ3) is 2.48. The normalized spacial score (nSPS) is 18.4. The predicted octanol–water partition coefficient (Wildman–Crippen LogP) is 2.22. The van der Waals surface area contributed by atoms with E-state index in [9.17, 15) is 9.59 Å². The molecule has 2 amide bonds. The van der Waals surface area contributed by atoms with Gasteiger partial charge in [-0.3, -0.25) is 4.79 Å². The first-order chi connectivity index (χ1) is 11.7. The average Bonchev–Trinajstić information content (AvgIpc) is 2.83. The number of pyridine rings is 1. The number of H-pyrrole nitrogens is 1. The number of hydrogen-bond donors (Lipinski definition) is 3. The molecule has 0 atom stereocenters. The SMILES string of the molecule is Cc1cc2c3c(cnc2[nH]1)NC(=O)C1(CN(C(=O)OC(C)(C)C)C1)N3. The second-order valence-electron chi connectivity index (χ2n) is 7.76. The van der Waals surface area contributed by atoms with Gasteiger partial charge in [0.25, 0.3) is 5.91 Å². The zero-order chi connectivity index (χ0) is 18.0. The highest BCUT2D eigenvalue weighted by molar-refractivity contribution is 6.12. The van der Waals surface area contributed by atoms with Gasteiger partial charge in [-0.25, -0.2) is 9.78 Å². The molecule has 8 heteroatoms. The van der Waals surface area contributed by atoms with Crippen LogP contribution in [0.1, 0.15) is 26.5 Å². The first-order valence-electron chi connectivity index (χ1n) is 8.23. The molecule has 3 N–H and O–H groups in total. The van der Waals surface area contributed by atoms with Gasteiger partial charge in [0.05, 0.1) is 30.7 Å². The van der Waals surface area contributed by atoms with Gasteiger partial charge in [-0.2, -0.15) is 0 Å². The van der Waals surface area contributed by atoms with Crippen molar-refractivity contribution in [3.63, 3.8) is 0 Å². The number of likely N-dealkylation sites (tertiary alicyclic amines) is 1. The predicted molar refractivity (Wildman–Crippen MR) is 93.6 cm³/mol. The highest BCUT2D eigenvalue weighted by Crippen LogP contribution is 2.40. The van der Waals surface area contributed by atoms with Crippen molar-refractivity contribution >= 4 is 34.4 Å². The van der Waals surface area contributed by atoms with Crippen molar-refractivity contribution in [1.29, 1.82) is 0 Å². The van der Waals surface area contributed by atoms with E-state index < -0.39 is 17.2 Å². The van der Waals surface area contributed by atoms with E-state index in [4.69, 9.17) is 4.74 Å². The molecular weight excluding hydrogens is 322 g/mol. The fourth-order valence-electron chi connectivity index (χ4n) is 3.26. The second-order valence-corrected chi connectivity index (χ2v) is 7.76. The topological polar surface area (TPSA) is 99.4 Å². The number of carbonyl (C=O) groups excluding carboxylic acids is 2. The van der Waals surface area contributed by atoms with Crippen molar-refractivity contribution in [2.24, 2.45) is 0 Å². The Hall–Kier alpha value is -2.77. The van der Waals surface area contributed by atoms with E-state index in [0.717, 1.165) is 22.4 Å². The molecule has 4 rings (SSSR count). The summed E-state index contributed by atoms with van der Waals surface area (Å²) < 4.78 is 5.37. The summed E-state index contributed by atoms with van der Waals surface area (Å²) in [6.45, 7) is 7.94. The molecule has 8 nitrogen and oxygen atoms in total. The molecule has 0 radical (unpaired) electrons. The Morgan fingerprint density at radius 1 is 1.36 bits per heavy atom. The number of rotatable bonds is 0. The van der Waals surface area contributed by atoms with Gasteiger partial charge in [-0.05, 0) is 33.8 Å². The van der Waals surface area contributed by atoms with Crippen molar-refractivity contribution in [3.05, 3.63) is 18.0 Å². The molecule has 2 aromatic rings. The van der Waals surface area contributed by atoms with Crippen LogP contribution < -0.4 is 10.6 Å². The number of ether oxygens (including phenoxy) is 1. The molecule has 0 aromatic carbocycles. The van der Waals surface area contributed by atoms with Crippen molar-refractivity contribution in [2.75, 3.05) is 23.7 Å². The van der Waals surface area contributed by atoms with Crippen LogP contribution in [0.25, 0.3) is 11.0 Å². The van der Waals surface area contributed by atoms with Crippen molar-refractivity contribution < 1.29 is 14.3 Å². The lowest BCUT2D eigenvalue weighted by molar-refractivity contribution is -0.125. The van der Waals surface area contributed by atoms with Gasteiger partial charge in [-0.1, -0.05) is 0 Å². The van der Waals surface area contributed by atoms with Gasteiger partial charge >= 0.3 is 6.09 Å². The first-order valence-corrected chi connectivity index (χ1v) is 8.23. The molecule has 1 saturated heterocycles. The second kappa shape index (κ2) is 4.87. The third-order valence-electron chi connectivity index (χ3n) is 4.41. The minimum absolute atomic E-state index is 0.159. The number of nitrogens with zero attached hydrogens (tertiary/aromatic N) is 2. The zero-order valence-corrected chi connectivity index (χ0v) is 14.7. The smallest absolute Gasteiger partial charge is 0.410 e. The number of amides is 2. The van der Waals surface area contributed by atoms with Crippen molar-refractivity contribution in [1.82, 2.24) is 14.9 Å². The van der Waals surface area contributed by atoms with Crippen LogP contribution >= 0.6 is 0 Å². The van der Waals surface area contributed by atoms with Crippen LogP contribution in [-0.2, 0) is 9.53 Å². The number of carbonyl (C=O) groups is 2. The summed E-state index contributed by atoms with van der Waals surface area (Å²) in [5, 5.41) is 7.17. The minimum Gasteiger partial charge on any atom is -0.444 e. The molecule has 2 aromatic heterocycles. The summed E-state index contributed by atoms with van der Waals surface area (Å²) >= 11 is 0. The van der Waals surface area contributed by atoms with E-state index in [-0.39, 0.29) is 19.0 Å². The van der Waals surface area contributed by atoms with Gasteiger partial charge in [0.15, 0.2) is 5.54 Å². The van der Waals surface area contributed by atoms with Crippen LogP contribution in [-0.4, -0.2) is 51.1 Å². The van der Waals surface area contributed by atoms with Crippen LogP contribution in [0.2, 0.25) is 0 Å². The molecule has 0 unspecified atom stereocenters. The molecule has 0 aliphatic carbocycles. The standard InChI is InChI=1S/C17H21N5O3/c1-9-5-10-12-11(6-18-13(10)19-9)20-14(23)17(21-12)7-22(8-17)15(24)25-16(2,3)4/h5-6,21H,7-8H2,1-4H3,(H,18,19)(H,20,23). The van der Waals surface area contributed by atoms with Crippen LogP contribution in [0.4, 0.5) is 16.2 Å². The highest BCUT2D eigenvalue weighted by atomic mass is 16.6. The fourth-order valence-corrected chi connectivity index (χ4v) is 3.26. The highest BCUT2D eigenvalue weighted by Gasteiger charge is 2.54. The Morgan fingerprint density at radius 2 is 2.08 bits per heavy atom. The van der Waals surface area contributed by atoms with E-state index in [0.29, 0.717) is 5.69 Å². The molecular formula is C17H21N5O3. The Bertz CT molecular complexity index is 890. The first kappa shape index (κ1) is 15.7. The lowest BCUT2D eigenvalue weighted by atomic mass is 9.86. The Labute approximate surface area is 144 Å². The molecule has 132 valence electrons. The van der Waals surface area contributed by atoms with Crippen LogP contribution in [0.5, 0.6) is 0 Å². The molecule has 4 heterocycles. The average molecular weight is 343 g/mol. The molecule has 2 aliphatic heterocycles. The Balaban J connectivity index is 1.59. The number of nitrogens with one attached hydrogen (secondary N) is 3. The molecule has 25 heavy (non-hydrogen) atoms. The molecule has 0 bridgehead atoms. The van der Waals surface area contributed by atoms with Crippen LogP contribution in [0, 0.1) is 6.92 Å². The van der Waals surface area contributed by atoms with Gasteiger partial charge in [-0.15, -0.1) is 0 Å². The van der Waals surface area contributed by atoms with Crippen molar-refractivity contribution in [2.45, 2.75) is 38.8 Å². The summed E-state index contributed by atoms with van der Waals surface area (Å²) in [5.74, 6) is -0.159. The summed E-state index contributed by atoms with van der Waals surface area (Å²) in [6.07, 6.45) is 1.23. The minimum atomic E-state index is -0.830. The van der Waals surface area contributed by atoms with E-state index >= 15 is 0 Å². The zero-order valence-electron chi connectivity index (χ0n) is 14.7. The van der Waals surface area contributed by atoms with Crippen LogP contribution in [0.15, 0.2) is 12.3 Å². The summed E-state index contributed by atoms with van der Waals surface area (Å²) in [5.41, 5.74) is 1.85. The monoisotopic (exact) mass is 343 g/mol.